The van der Waals surface area contributed by atoms with Crippen LogP contribution in [0.5, 0.6) is 5.75 Å². The summed E-state index contributed by atoms with van der Waals surface area (Å²) in [7, 11) is 0. The van der Waals surface area contributed by atoms with Crippen molar-refractivity contribution in [2.75, 3.05) is 0 Å². The van der Waals surface area contributed by atoms with Crippen molar-refractivity contribution in [2.45, 2.75) is 18.2 Å². The predicted molar refractivity (Wildman–Crippen MR) is 44.7 cm³/mol. The third kappa shape index (κ3) is 1.45. The lowest BCUT2D eigenvalue weighted by molar-refractivity contribution is 0.473. The van der Waals surface area contributed by atoms with E-state index in [1.807, 2.05) is 6.07 Å². The number of aryl methyl sites for hydroxylation is 1. The SMILES string of the molecule is CCc1ccc(O)cc1S. The van der Waals surface area contributed by atoms with Crippen molar-refractivity contribution >= 4 is 12.6 Å². The van der Waals surface area contributed by atoms with Crippen LogP contribution in [0.2, 0.25) is 0 Å². The van der Waals surface area contributed by atoms with Crippen LogP contribution in [0.25, 0.3) is 0 Å². The minimum Gasteiger partial charge on any atom is -0.508 e. The fraction of sp³-hybridized carbons (Fsp3) is 0.250. The number of rotatable bonds is 1. The Morgan fingerprint density at radius 1 is 1.50 bits per heavy atom. The van der Waals surface area contributed by atoms with Gasteiger partial charge in [0.2, 0.25) is 0 Å². The van der Waals surface area contributed by atoms with Gasteiger partial charge in [-0.1, -0.05) is 13.0 Å². The van der Waals surface area contributed by atoms with Crippen molar-refractivity contribution in [3.05, 3.63) is 23.8 Å². The molecule has 2 heteroatoms. The van der Waals surface area contributed by atoms with E-state index in [-0.39, 0.29) is 5.75 Å². The first kappa shape index (κ1) is 7.48. The van der Waals surface area contributed by atoms with Crippen LogP contribution >= 0.6 is 12.6 Å². The smallest absolute Gasteiger partial charge is 0.116 e. The zero-order valence-corrected chi connectivity index (χ0v) is 6.73. The number of phenols is 1. The molecule has 54 valence electrons. The van der Waals surface area contributed by atoms with Gasteiger partial charge in [-0.2, -0.15) is 0 Å². The summed E-state index contributed by atoms with van der Waals surface area (Å²) in [6.45, 7) is 2.06. The van der Waals surface area contributed by atoms with Gasteiger partial charge in [0.05, 0.1) is 0 Å². The maximum Gasteiger partial charge on any atom is 0.116 e. The number of hydrogen-bond donors (Lipinski definition) is 2. The molecule has 0 saturated carbocycles. The summed E-state index contributed by atoms with van der Waals surface area (Å²) < 4.78 is 0. The maximum absolute atomic E-state index is 8.98. The van der Waals surface area contributed by atoms with Gasteiger partial charge < -0.3 is 5.11 Å². The Hall–Kier alpha value is -0.630. The van der Waals surface area contributed by atoms with E-state index in [4.69, 9.17) is 5.11 Å². The number of phenolic OH excluding ortho intramolecular Hbond substituents is 1. The van der Waals surface area contributed by atoms with Crippen LogP contribution in [-0.4, -0.2) is 5.11 Å². The third-order valence-electron chi connectivity index (χ3n) is 1.45. The highest BCUT2D eigenvalue weighted by Crippen LogP contribution is 2.19. The summed E-state index contributed by atoms with van der Waals surface area (Å²) in [6, 6.07) is 5.22. The molecule has 0 saturated heterocycles. The lowest BCUT2D eigenvalue weighted by Gasteiger charge is -2.00. The van der Waals surface area contributed by atoms with E-state index in [1.54, 1.807) is 12.1 Å². The van der Waals surface area contributed by atoms with Crippen molar-refractivity contribution in [3.8, 4) is 5.75 Å². The molecule has 1 N–H and O–H groups in total. The Labute approximate surface area is 66.1 Å². The van der Waals surface area contributed by atoms with Crippen LogP contribution in [0.1, 0.15) is 12.5 Å². The second-order valence-electron chi connectivity index (χ2n) is 2.17. The molecule has 0 aliphatic rings. The first-order chi connectivity index (χ1) is 4.74. The van der Waals surface area contributed by atoms with Gasteiger partial charge in [-0.15, -0.1) is 12.6 Å². The average Bonchev–Trinajstić information content (AvgIpc) is 1.88. The minimum absolute atomic E-state index is 0.280. The Morgan fingerprint density at radius 2 is 2.20 bits per heavy atom. The Morgan fingerprint density at radius 3 is 2.70 bits per heavy atom. The molecule has 1 aromatic carbocycles. The number of hydrogen-bond acceptors (Lipinski definition) is 2. The molecule has 10 heavy (non-hydrogen) atoms. The molecule has 0 fully saturated rings. The van der Waals surface area contributed by atoms with Gasteiger partial charge in [-0.05, 0) is 24.1 Å². The molecule has 0 heterocycles. The molecule has 0 atom stereocenters. The predicted octanol–water partition coefficient (Wildman–Crippen LogP) is 2.24. The standard InChI is InChI=1S/C8H10OS/c1-2-6-3-4-7(9)5-8(6)10/h3-5,9-10H,2H2,1H3. The van der Waals surface area contributed by atoms with Crippen molar-refractivity contribution in [2.24, 2.45) is 0 Å². The van der Waals surface area contributed by atoms with E-state index in [0.29, 0.717) is 0 Å². The molecule has 0 spiro atoms. The largest absolute Gasteiger partial charge is 0.508 e. The van der Waals surface area contributed by atoms with Crippen LogP contribution in [-0.2, 0) is 6.42 Å². The Kier molecular flexibility index (Phi) is 2.22. The van der Waals surface area contributed by atoms with Crippen LogP contribution in [0.4, 0.5) is 0 Å². The molecule has 0 radical (unpaired) electrons. The fourth-order valence-corrected chi connectivity index (χ4v) is 1.22. The number of aromatic hydroxyl groups is 1. The molecule has 0 bridgehead atoms. The highest BCUT2D eigenvalue weighted by molar-refractivity contribution is 7.80. The van der Waals surface area contributed by atoms with E-state index in [0.717, 1.165) is 11.3 Å². The molecular weight excluding hydrogens is 144 g/mol. The fourth-order valence-electron chi connectivity index (χ4n) is 0.851. The summed E-state index contributed by atoms with van der Waals surface area (Å²) in [5, 5.41) is 8.98. The quantitative estimate of drug-likeness (QED) is 0.594. The summed E-state index contributed by atoms with van der Waals surface area (Å²) in [4.78, 5) is 0.863. The van der Waals surface area contributed by atoms with Gasteiger partial charge in [0.15, 0.2) is 0 Å². The summed E-state index contributed by atoms with van der Waals surface area (Å²) in [5.74, 6) is 0.280. The Balaban J connectivity index is 3.07. The van der Waals surface area contributed by atoms with E-state index >= 15 is 0 Å². The second kappa shape index (κ2) is 2.97. The van der Waals surface area contributed by atoms with Crippen LogP contribution in [0, 0.1) is 0 Å². The van der Waals surface area contributed by atoms with E-state index in [9.17, 15) is 0 Å². The molecule has 0 unspecified atom stereocenters. The lowest BCUT2D eigenvalue weighted by Crippen LogP contribution is -1.80. The molecule has 0 aliphatic heterocycles. The molecular formula is C8H10OS. The monoisotopic (exact) mass is 154 g/mol. The van der Waals surface area contributed by atoms with Gasteiger partial charge in [0.25, 0.3) is 0 Å². The molecule has 1 aromatic rings. The summed E-state index contributed by atoms with van der Waals surface area (Å²) in [5.41, 5.74) is 1.17. The van der Waals surface area contributed by atoms with Crippen molar-refractivity contribution < 1.29 is 5.11 Å². The number of benzene rings is 1. The van der Waals surface area contributed by atoms with E-state index in [1.165, 1.54) is 5.56 Å². The van der Waals surface area contributed by atoms with Crippen molar-refractivity contribution in [1.82, 2.24) is 0 Å². The van der Waals surface area contributed by atoms with Crippen molar-refractivity contribution in [3.63, 3.8) is 0 Å². The topological polar surface area (TPSA) is 20.2 Å². The van der Waals surface area contributed by atoms with Gasteiger partial charge in [0.1, 0.15) is 5.75 Å². The van der Waals surface area contributed by atoms with Crippen LogP contribution in [0.3, 0.4) is 0 Å². The zero-order valence-electron chi connectivity index (χ0n) is 5.83. The van der Waals surface area contributed by atoms with Gasteiger partial charge in [-0.3, -0.25) is 0 Å². The van der Waals surface area contributed by atoms with E-state index in [2.05, 4.69) is 19.6 Å². The third-order valence-corrected chi connectivity index (χ3v) is 1.87. The molecule has 0 aliphatic carbocycles. The van der Waals surface area contributed by atoms with Gasteiger partial charge in [-0.25, -0.2) is 0 Å². The normalized spacial score (nSPS) is 9.80. The highest BCUT2D eigenvalue weighted by Gasteiger charge is 1.95. The van der Waals surface area contributed by atoms with Gasteiger partial charge >= 0.3 is 0 Å². The first-order valence-electron chi connectivity index (χ1n) is 3.25. The average molecular weight is 154 g/mol. The Bertz CT molecular complexity index is 233. The second-order valence-corrected chi connectivity index (χ2v) is 2.65. The molecule has 0 aromatic heterocycles. The zero-order chi connectivity index (χ0) is 7.56. The molecule has 1 rings (SSSR count). The highest BCUT2D eigenvalue weighted by atomic mass is 32.1. The number of thiol groups is 1. The van der Waals surface area contributed by atoms with Crippen LogP contribution in [0.15, 0.2) is 23.1 Å². The maximum atomic E-state index is 8.98. The van der Waals surface area contributed by atoms with E-state index < -0.39 is 0 Å². The summed E-state index contributed by atoms with van der Waals surface area (Å²) >= 11 is 4.19. The van der Waals surface area contributed by atoms with Gasteiger partial charge in [0, 0.05) is 4.90 Å². The molecule has 1 nitrogen and oxygen atoms in total. The van der Waals surface area contributed by atoms with Crippen molar-refractivity contribution in [1.29, 1.82) is 0 Å². The minimum atomic E-state index is 0.280. The van der Waals surface area contributed by atoms with Crippen LogP contribution < -0.4 is 0 Å². The first-order valence-corrected chi connectivity index (χ1v) is 3.69. The molecule has 0 amide bonds. The summed E-state index contributed by atoms with van der Waals surface area (Å²) in [6.07, 6.45) is 0.957. The lowest BCUT2D eigenvalue weighted by atomic mass is 10.2.